The molecule has 122 valence electrons. The first-order valence-electron chi connectivity index (χ1n) is 6.40. The highest BCUT2D eigenvalue weighted by atomic mass is 35.5. The van der Waals surface area contributed by atoms with E-state index in [1.54, 1.807) is 0 Å². The van der Waals surface area contributed by atoms with E-state index in [0.717, 1.165) is 6.20 Å². The van der Waals surface area contributed by atoms with Gasteiger partial charge in [-0.25, -0.2) is 9.48 Å². The van der Waals surface area contributed by atoms with Crippen LogP contribution in [0.25, 0.3) is 5.69 Å². The van der Waals surface area contributed by atoms with E-state index >= 15 is 0 Å². The van der Waals surface area contributed by atoms with E-state index in [2.05, 4.69) is 22.3 Å². The Morgan fingerprint density at radius 1 is 1.35 bits per heavy atom. The highest BCUT2D eigenvalue weighted by Crippen LogP contribution is 2.36. The summed E-state index contributed by atoms with van der Waals surface area (Å²) in [6.45, 7) is 3.52. The highest BCUT2D eigenvalue weighted by molar-refractivity contribution is 6.30. The average Bonchev–Trinajstić information content (AvgIpc) is 2.89. The third-order valence-corrected chi connectivity index (χ3v) is 3.02. The smallest absolute Gasteiger partial charge is 0.334 e. The quantitative estimate of drug-likeness (QED) is 0.828. The van der Waals surface area contributed by atoms with Gasteiger partial charge in [-0.15, -0.1) is 6.58 Å². The number of benzene rings is 1. The van der Waals surface area contributed by atoms with E-state index in [1.165, 1.54) is 30.3 Å². The molecule has 0 spiro atoms. The Kier molecular flexibility index (Phi) is 4.95. The van der Waals surface area contributed by atoms with Gasteiger partial charge in [0.25, 0.3) is 0 Å². The summed E-state index contributed by atoms with van der Waals surface area (Å²) < 4.78 is 40.7. The second kappa shape index (κ2) is 6.74. The molecule has 1 heterocycles. The van der Waals surface area contributed by atoms with E-state index in [-0.39, 0.29) is 12.2 Å². The van der Waals surface area contributed by atoms with Crippen LogP contribution in [0.15, 0.2) is 43.1 Å². The zero-order chi connectivity index (χ0) is 17.0. The molecule has 23 heavy (non-hydrogen) atoms. The first kappa shape index (κ1) is 16.9. The molecule has 5 nitrogen and oxygen atoms in total. The van der Waals surface area contributed by atoms with Crippen molar-refractivity contribution in [1.82, 2.24) is 15.1 Å². The molecule has 0 radical (unpaired) electrons. The van der Waals surface area contributed by atoms with Crippen LogP contribution in [0.2, 0.25) is 5.02 Å². The molecule has 1 aromatic carbocycles. The lowest BCUT2D eigenvalue weighted by molar-refractivity contribution is -0.142. The summed E-state index contributed by atoms with van der Waals surface area (Å²) in [5, 5.41) is 8.54. The molecule has 0 aliphatic heterocycles. The number of alkyl halides is 3. The fourth-order valence-electron chi connectivity index (χ4n) is 1.82. The minimum atomic E-state index is -4.71. The van der Waals surface area contributed by atoms with Crippen LogP contribution in [0.3, 0.4) is 0 Å². The summed E-state index contributed by atoms with van der Waals surface area (Å²) in [5.74, 6) is 0. The number of hydrogen-bond donors (Lipinski definition) is 2. The van der Waals surface area contributed by atoms with Crippen molar-refractivity contribution in [2.75, 3.05) is 11.9 Å². The predicted molar refractivity (Wildman–Crippen MR) is 80.8 cm³/mol. The van der Waals surface area contributed by atoms with Crippen molar-refractivity contribution in [2.24, 2.45) is 0 Å². The molecule has 0 atom stereocenters. The van der Waals surface area contributed by atoms with Crippen molar-refractivity contribution >= 4 is 23.3 Å². The molecule has 2 aromatic rings. The average molecular weight is 345 g/mol. The Morgan fingerprint density at radius 3 is 2.57 bits per heavy atom. The summed E-state index contributed by atoms with van der Waals surface area (Å²) in [6.07, 6.45) is -2.37. The van der Waals surface area contributed by atoms with Crippen LogP contribution in [0.1, 0.15) is 5.69 Å². The number of rotatable bonds is 4. The van der Waals surface area contributed by atoms with Crippen LogP contribution >= 0.6 is 11.6 Å². The molecule has 0 saturated heterocycles. The molecule has 2 amide bonds. The van der Waals surface area contributed by atoms with Crippen LogP contribution in [0, 0.1) is 0 Å². The molecule has 0 aliphatic carbocycles. The Bertz CT molecular complexity index is 710. The van der Waals surface area contributed by atoms with Crippen LogP contribution in [-0.2, 0) is 6.18 Å². The normalized spacial score (nSPS) is 11.1. The van der Waals surface area contributed by atoms with Crippen LogP contribution in [0.4, 0.5) is 23.7 Å². The Balaban J connectivity index is 2.39. The van der Waals surface area contributed by atoms with Gasteiger partial charge in [-0.1, -0.05) is 17.7 Å². The molecule has 0 saturated carbocycles. The van der Waals surface area contributed by atoms with Gasteiger partial charge in [-0.2, -0.15) is 18.3 Å². The summed E-state index contributed by atoms with van der Waals surface area (Å²) in [4.78, 5) is 11.5. The number of nitrogens with zero attached hydrogens (tertiary/aromatic N) is 2. The Hall–Kier alpha value is -2.48. The number of nitrogens with one attached hydrogen (secondary N) is 2. The molecular weight excluding hydrogens is 333 g/mol. The Labute approximate surface area is 134 Å². The second-order valence-electron chi connectivity index (χ2n) is 4.42. The summed E-state index contributed by atoms with van der Waals surface area (Å²) >= 11 is 5.73. The van der Waals surface area contributed by atoms with Gasteiger partial charge in [0, 0.05) is 11.6 Å². The molecular formula is C14H12ClF3N4O. The molecule has 0 fully saturated rings. The fraction of sp³-hybridized carbons (Fsp3) is 0.143. The standard InChI is InChI=1S/C14H12ClF3N4O/c1-2-7-19-13(23)21-11-8-20-22(12(11)14(16,17)18)10-5-3-9(15)4-6-10/h2-6,8H,1,7H2,(H2,19,21,23). The lowest BCUT2D eigenvalue weighted by Gasteiger charge is -2.13. The van der Waals surface area contributed by atoms with E-state index in [0.29, 0.717) is 9.70 Å². The third-order valence-electron chi connectivity index (χ3n) is 2.76. The monoisotopic (exact) mass is 344 g/mol. The SMILES string of the molecule is C=CCNC(=O)Nc1cnn(-c2ccc(Cl)cc2)c1C(F)(F)F. The van der Waals surface area contributed by atoms with Crippen molar-refractivity contribution in [1.29, 1.82) is 0 Å². The Morgan fingerprint density at radius 2 is 2.00 bits per heavy atom. The number of anilines is 1. The summed E-state index contributed by atoms with van der Waals surface area (Å²) in [6, 6.07) is 4.90. The minimum absolute atomic E-state index is 0.124. The van der Waals surface area contributed by atoms with E-state index in [4.69, 9.17) is 11.6 Å². The van der Waals surface area contributed by atoms with Gasteiger partial charge in [0.1, 0.15) is 0 Å². The van der Waals surface area contributed by atoms with Crippen LogP contribution in [-0.4, -0.2) is 22.4 Å². The predicted octanol–water partition coefficient (Wildman–Crippen LogP) is 3.85. The maximum absolute atomic E-state index is 13.3. The lowest BCUT2D eigenvalue weighted by Crippen LogP contribution is -2.29. The van der Waals surface area contributed by atoms with E-state index < -0.39 is 23.6 Å². The van der Waals surface area contributed by atoms with Gasteiger partial charge in [-0.3, -0.25) is 0 Å². The number of amides is 2. The number of hydrogen-bond acceptors (Lipinski definition) is 2. The van der Waals surface area contributed by atoms with Gasteiger partial charge < -0.3 is 10.6 Å². The third kappa shape index (κ3) is 4.04. The maximum Gasteiger partial charge on any atom is 0.435 e. The molecule has 2 N–H and O–H groups in total. The van der Waals surface area contributed by atoms with Crippen molar-refractivity contribution < 1.29 is 18.0 Å². The van der Waals surface area contributed by atoms with Crippen LogP contribution < -0.4 is 10.6 Å². The number of halogens is 4. The fourth-order valence-corrected chi connectivity index (χ4v) is 1.95. The number of carbonyl (C=O) groups is 1. The molecule has 2 rings (SSSR count). The van der Waals surface area contributed by atoms with E-state index in [1.807, 2.05) is 0 Å². The molecule has 1 aromatic heterocycles. The second-order valence-corrected chi connectivity index (χ2v) is 4.85. The van der Waals surface area contributed by atoms with Gasteiger partial charge in [0.15, 0.2) is 5.69 Å². The summed E-state index contributed by atoms with van der Waals surface area (Å²) in [7, 11) is 0. The lowest BCUT2D eigenvalue weighted by atomic mass is 10.3. The van der Waals surface area contributed by atoms with E-state index in [9.17, 15) is 18.0 Å². The van der Waals surface area contributed by atoms with Crippen molar-refractivity contribution in [2.45, 2.75) is 6.18 Å². The molecule has 0 unspecified atom stereocenters. The number of urea groups is 1. The first-order valence-corrected chi connectivity index (χ1v) is 6.77. The van der Waals surface area contributed by atoms with Gasteiger partial charge in [0.05, 0.1) is 17.6 Å². The van der Waals surface area contributed by atoms with Crippen molar-refractivity contribution in [3.05, 3.63) is 53.8 Å². The minimum Gasteiger partial charge on any atom is -0.334 e. The largest absolute Gasteiger partial charge is 0.435 e. The highest BCUT2D eigenvalue weighted by Gasteiger charge is 2.39. The van der Waals surface area contributed by atoms with Crippen molar-refractivity contribution in [3.8, 4) is 5.69 Å². The number of carbonyl (C=O) groups excluding carboxylic acids is 1. The maximum atomic E-state index is 13.3. The zero-order valence-corrected chi connectivity index (χ0v) is 12.4. The zero-order valence-electron chi connectivity index (χ0n) is 11.7. The van der Waals surface area contributed by atoms with Gasteiger partial charge in [0.2, 0.25) is 0 Å². The first-order chi connectivity index (χ1) is 10.8. The van der Waals surface area contributed by atoms with Crippen LogP contribution in [0.5, 0.6) is 0 Å². The molecule has 9 heteroatoms. The van der Waals surface area contributed by atoms with Gasteiger partial charge in [-0.05, 0) is 24.3 Å². The van der Waals surface area contributed by atoms with Crippen molar-refractivity contribution in [3.63, 3.8) is 0 Å². The molecule has 0 aliphatic rings. The topological polar surface area (TPSA) is 59.0 Å². The summed E-state index contributed by atoms with van der Waals surface area (Å²) in [5.41, 5.74) is -1.37. The van der Waals surface area contributed by atoms with Gasteiger partial charge >= 0.3 is 12.2 Å². The number of aromatic nitrogens is 2. The molecule has 0 bridgehead atoms.